The molecule has 0 N–H and O–H groups in total. The van der Waals surface area contributed by atoms with Gasteiger partial charge >= 0.3 is 6.09 Å². The molecule has 0 radical (unpaired) electrons. The van der Waals surface area contributed by atoms with Crippen LogP contribution >= 0.6 is 0 Å². The van der Waals surface area contributed by atoms with E-state index in [9.17, 15) is 4.79 Å². The number of ether oxygens (including phenoxy) is 2. The molecule has 2 heterocycles. The molecule has 5 heteroatoms. The van der Waals surface area contributed by atoms with Crippen molar-refractivity contribution in [2.45, 2.75) is 19.3 Å². The molecule has 5 nitrogen and oxygen atoms in total. The molecular weight excluding hydrogens is 340 g/mol. The van der Waals surface area contributed by atoms with E-state index < -0.39 is 0 Å². The maximum atomic E-state index is 12.2. The van der Waals surface area contributed by atoms with Crippen molar-refractivity contribution in [2.75, 3.05) is 6.54 Å². The molecule has 3 aromatic rings. The second kappa shape index (κ2) is 7.91. The molecule has 1 unspecified atom stereocenters. The highest BCUT2D eigenvalue weighted by atomic mass is 16.6. The van der Waals surface area contributed by atoms with Gasteiger partial charge in [0, 0.05) is 12.7 Å². The van der Waals surface area contributed by atoms with Gasteiger partial charge in [0.25, 0.3) is 0 Å². The van der Waals surface area contributed by atoms with Crippen molar-refractivity contribution in [1.29, 1.82) is 0 Å². The van der Waals surface area contributed by atoms with Crippen molar-refractivity contribution >= 4 is 6.09 Å². The van der Waals surface area contributed by atoms with Gasteiger partial charge < -0.3 is 9.47 Å². The van der Waals surface area contributed by atoms with E-state index in [0.29, 0.717) is 19.7 Å². The predicted molar refractivity (Wildman–Crippen MR) is 101 cm³/mol. The molecule has 1 aliphatic heterocycles. The van der Waals surface area contributed by atoms with Crippen molar-refractivity contribution in [2.24, 2.45) is 0 Å². The van der Waals surface area contributed by atoms with Crippen molar-refractivity contribution in [3.8, 4) is 5.75 Å². The maximum Gasteiger partial charge on any atom is 0.410 e. The topological polar surface area (TPSA) is 51.7 Å². The first-order valence-electron chi connectivity index (χ1n) is 8.90. The molecule has 1 fully saturated rings. The van der Waals surface area contributed by atoms with Crippen LogP contribution in [0.25, 0.3) is 0 Å². The van der Waals surface area contributed by atoms with Gasteiger partial charge in [0.05, 0.1) is 12.2 Å². The third-order valence-electron chi connectivity index (χ3n) is 4.47. The zero-order chi connectivity index (χ0) is 18.5. The average Bonchev–Trinajstić information content (AvgIpc) is 3.09. The van der Waals surface area contributed by atoms with Gasteiger partial charge in [0.2, 0.25) is 0 Å². The lowest BCUT2D eigenvalue weighted by Crippen LogP contribution is -2.23. The summed E-state index contributed by atoms with van der Waals surface area (Å²) in [4.78, 5) is 18.1. The predicted octanol–water partition coefficient (Wildman–Crippen LogP) is 4.35. The van der Waals surface area contributed by atoms with E-state index in [0.717, 1.165) is 22.6 Å². The Morgan fingerprint density at radius 2 is 1.78 bits per heavy atom. The number of benzene rings is 2. The molecule has 0 bridgehead atoms. The molecule has 0 aliphatic carbocycles. The molecule has 4 rings (SSSR count). The van der Waals surface area contributed by atoms with Gasteiger partial charge in [0.1, 0.15) is 18.5 Å². The van der Waals surface area contributed by atoms with Gasteiger partial charge in [-0.3, -0.25) is 9.88 Å². The standard InChI is InChI=1S/C22H20N2O3/c25-22-24(15-21(27-22)18-6-2-1-3-7-18)14-17-9-11-20(12-10-17)26-16-19-8-4-5-13-23-19/h1-13,21H,14-16H2. The summed E-state index contributed by atoms with van der Waals surface area (Å²) >= 11 is 0. The Labute approximate surface area is 158 Å². The Morgan fingerprint density at radius 3 is 2.52 bits per heavy atom. The number of carbonyl (C=O) groups excluding carboxylic acids is 1. The fourth-order valence-corrected chi connectivity index (χ4v) is 3.03. The largest absolute Gasteiger partial charge is 0.487 e. The summed E-state index contributed by atoms with van der Waals surface area (Å²) in [6.07, 6.45) is 1.26. The smallest absolute Gasteiger partial charge is 0.410 e. The van der Waals surface area contributed by atoms with Crippen LogP contribution in [0.2, 0.25) is 0 Å². The van der Waals surface area contributed by atoms with Crippen LogP contribution in [0.3, 0.4) is 0 Å². The molecule has 1 atom stereocenters. The summed E-state index contributed by atoms with van der Waals surface area (Å²) in [5.41, 5.74) is 2.94. The monoisotopic (exact) mass is 360 g/mol. The van der Waals surface area contributed by atoms with E-state index in [1.807, 2.05) is 72.8 Å². The number of pyridine rings is 1. The van der Waals surface area contributed by atoms with Gasteiger partial charge in [-0.1, -0.05) is 48.5 Å². The first kappa shape index (κ1) is 17.1. The molecular formula is C22H20N2O3. The number of carbonyl (C=O) groups is 1. The molecule has 27 heavy (non-hydrogen) atoms. The van der Waals surface area contributed by atoms with Gasteiger partial charge in [0.15, 0.2) is 0 Å². The van der Waals surface area contributed by atoms with Crippen LogP contribution in [0.4, 0.5) is 4.79 Å². The van der Waals surface area contributed by atoms with E-state index in [4.69, 9.17) is 9.47 Å². The van der Waals surface area contributed by atoms with E-state index in [1.54, 1.807) is 11.1 Å². The lowest BCUT2D eigenvalue weighted by Gasteiger charge is -2.13. The van der Waals surface area contributed by atoms with Crippen molar-refractivity contribution in [1.82, 2.24) is 9.88 Å². The molecule has 136 valence electrons. The summed E-state index contributed by atoms with van der Waals surface area (Å²) in [6.45, 7) is 1.50. The molecule has 0 saturated carbocycles. The van der Waals surface area contributed by atoms with E-state index >= 15 is 0 Å². The highest BCUT2D eigenvalue weighted by molar-refractivity contribution is 5.70. The number of aromatic nitrogens is 1. The fraction of sp³-hybridized carbons (Fsp3) is 0.182. The third-order valence-corrected chi connectivity index (χ3v) is 4.47. The Hall–Kier alpha value is -3.34. The van der Waals surface area contributed by atoms with Crippen LogP contribution in [0, 0.1) is 0 Å². The van der Waals surface area contributed by atoms with Crippen molar-refractivity contribution < 1.29 is 14.3 Å². The number of hydrogen-bond donors (Lipinski definition) is 0. The molecule has 0 spiro atoms. The molecule has 1 saturated heterocycles. The highest BCUT2D eigenvalue weighted by Gasteiger charge is 2.32. The number of amides is 1. The molecule has 1 amide bonds. The second-order valence-corrected chi connectivity index (χ2v) is 6.42. The lowest BCUT2D eigenvalue weighted by molar-refractivity contribution is 0.132. The first-order valence-corrected chi connectivity index (χ1v) is 8.90. The van der Waals surface area contributed by atoms with Crippen LogP contribution in [-0.4, -0.2) is 22.5 Å². The summed E-state index contributed by atoms with van der Waals surface area (Å²) in [7, 11) is 0. The van der Waals surface area contributed by atoms with Crippen LogP contribution in [-0.2, 0) is 17.9 Å². The molecule has 1 aromatic heterocycles. The molecule has 1 aliphatic rings. The summed E-state index contributed by atoms with van der Waals surface area (Å²) in [5, 5.41) is 0. The lowest BCUT2D eigenvalue weighted by atomic mass is 10.1. The van der Waals surface area contributed by atoms with Gasteiger partial charge in [-0.25, -0.2) is 4.79 Å². The van der Waals surface area contributed by atoms with Crippen LogP contribution in [0.5, 0.6) is 5.75 Å². The van der Waals surface area contributed by atoms with E-state index in [1.165, 1.54) is 0 Å². The Morgan fingerprint density at radius 1 is 1.00 bits per heavy atom. The van der Waals surface area contributed by atoms with Crippen LogP contribution in [0.15, 0.2) is 79.0 Å². The third kappa shape index (κ3) is 4.26. The van der Waals surface area contributed by atoms with Gasteiger partial charge in [-0.05, 0) is 35.4 Å². The normalized spacial score (nSPS) is 16.2. The summed E-state index contributed by atoms with van der Waals surface area (Å²) in [5.74, 6) is 0.774. The minimum atomic E-state index is -0.278. The Bertz CT molecular complexity index is 882. The maximum absolute atomic E-state index is 12.2. The zero-order valence-corrected chi connectivity index (χ0v) is 14.8. The molecule has 2 aromatic carbocycles. The Kier molecular flexibility index (Phi) is 5.01. The zero-order valence-electron chi connectivity index (χ0n) is 14.8. The summed E-state index contributed by atoms with van der Waals surface area (Å²) in [6, 6.07) is 23.3. The fourth-order valence-electron chi connectivity index (χ4n) is 3.03. The van der Waals surface area contributed by atoms with E-state index in [2.05, 4.69) is 4.98 Å². The van der Waals surface area contributed by atoms with Crippen LogP contribution in [0.1, 0.15) is 22.9 Å². The quantitative estimate of drug-likeness (QED) is 0.656. The highest BCUT2D eigenvalue weighted by Crippen LogP contribution is 2.27. The van der Waals surface area contributed by atoms with Gasteiger partial charge in [-0.15, -0.1) is 0 Å². The van der Waals surface area contributed by atoms with Crippen molar-refractivity contribution in [3.63, 3.8) is 0 Å². The minimum Gasteiger partial charge on any atom is -0.487 e. The van der Waals surface area contributed by atoms with Gasteiger partial charge in [-0.2, -0.15) is 0 Å². The van der Waals surface area contributed by atoms with E-state index in [-0.39, 0.29) is 12.2 Å². The number of hydrogen-bond acceptors (Lipinski definition) is 4. The van der Waals surface area contributed by atoms with Crippen molar-refractivity contribution in [3.05, 3.63) is 95.8 Å². The number of nitrogens with zero attached hydrogens (tertiary/aromatic N) is 2. The van der Waals surface area contributed by atoms with Crippen LogP contribution < -0.4 is 4.74 Å². The first-order chi connectivity index (χ1) is 13.3. The SMILES string of the molecule is O=C1OC(c2ccccc2)CN1Cc1ccc(OCc2ccccn2)cc1. The number of cyclic esters (lactones) is 1. The Balaban J connectivity index is 1.34. The minimum absolute atomic E-state index is 0.209. The second-order valence-electron chi connectivity index (χ2n) is 6.42. The number of rotatable bonds is 6. The average molecular weight is 360 g/mol. The summed E-state index contributed by atoms with van der Waals surface area (Å²) < 4.78 is 11.2.